The molecular weight excluding hydrogens is 284 g/mol. The Labute approximate surface area is 136 Å². The van der Waals surface area contributed by atoms with Gasteiger partial charge >= 0.3 is 0 Å². The van der Waals surface area contributed by atoms with E-state index in [9.17, 15) is 5.11 Å². The molecule has 2 aromatic heterocycles. The summed E-state index contributed by atoms with van der Waals surface area (Å²) >= 11 is 0. The van der Waals surface area contributed by atoms with Crippen molar-refractivity contribution in [1.29, 1.82) is 0 Å². The van der Waals surface area contributed by atoms with Gasteiger partial charge in [0.1, 0.15) is 0 Å². The van der Waals surface area contributed by atoms with Crippen LogP contribution in [0.2, 0.25) is 0 Å². The van der Waals surface area contributed by atoms with Crippen molar-refractivity contribution in [1.82, 2.24) is 9.55 Å². The molecule has 1 aliphatic carbocycles. The molecule has 0 bridgehead atoms. The summed E-state index contributed by atoms with van der Waals surface area (Å²) in [5.74, 6) is 0. The van der Waals surface area contributed by atoms with Gasteiger partial charge in [-0.3, -0.25) is 4.98 Å². The molecule has 1 aromatic carbocycles. The third kappa shape index (κ3) is 2.55. The number of hydrogen-bond acceptors (Lipinski definition) is 2. The Morgan fingerprint density at radius 1 is 1.22 bits per heavy atom. The summed E-state index contributed by atoms with van der Waals surface area (Å²) in [6, 6.07) is 10.5. The number of benzene rings is 1. The van der Waals surface area contributed by atoms with Gasteiger partial charge in [-0.25, -0.2) is 0 Å². The van der Waals surface area contributed by atoms with Gasteiger partial charge in [-0.2, -0.15) is 0 Å². The molecule has 3 aromatic rings. The van der Waals surface area contributed by atoms with E-state index in [4.69, 9.17) is 0 Å². The van der Waals surface area contributed by atoms with Gasteiger partial charge in [0.2, 0.25) is 0 Å². The number of aliphatic hydroxyl groups is 1. The zero-order chi connectivity index (χ0) is 15.8. The Morgan fingerprint density at radius 3 is 2.91 bits per heavy atom. The standard InChI is InChI=1S/C20H22N2O/c1-14-8-9-19-17(11-14)16-6-2-3-7-18(16)22(19)13-20(23)15-5-4-10-21-12-15/h4-5,8-12,20,23H,2-3,6-7,13H2,1H3. The van der Waals surface area contributed by atoms with E-state index < -0.39 is 6.10 Å². The van der Waals surface area contributed by atoms with E-state index in [0.29, 0.717) is 6.54 Å². The highest BCUT2D eigenvalue weighted by Crippen LogP contribution is 2.34. The van der Waals surface area contributed by atoms with E-state index >= 15 is 0 Å². The van der Waals surface area contributed by atoms with Gasteiger partial charge in [0.05, 0.1) is 12.6 Å². The quantitative estimate of drug-likeness (QED) is 0.795. The lowest BCUT2D eigenvalue weighted by atomic mass is 9.95. The molecule has 2 heterocycles. The first-order chi connectivity index (χ1) is 11.2. The molecule has 3 nitrogen and oxygen atoms in total. The van der Waals surface area contributed by atoms with Crippen molar-refractivity contribution >= 4 is 10.9 Å². The molecule has 0 fully saturated rings. The lowest BCUT2D eigenvalue weighted by molar-refractivity contribution is 0.156. The highest BCUT2D eigenvalue weighted by molar-refractivity contribution is 5.86. The van der Waals surface area contributed by atoms with Crippen LogP contribution in [0.4, 0.5) is 0 Å². The molecule has 0 radical (unpaired) electrons. The summed E-state index contributed by atoms with van der Waals surface area (Å²) in [5.41, 5.74) is 6.35. The van der Waals surface area contributed by atoms with Gasteiger partial charge in [-0.05, 0) is 56.4 Å². The average Bonchev–Trinajstić information content (AvgIpc) is 2.89. The van der Waals surface area contributed by atoms with Crippen LogP contribution in [0.3, 0.4) is 0 Å². The van der Waals surface area contributed by atoms with Gasteiger partial charge in [0, 0.05) is 34.6 Å². The van der Waals surface area contributed by atoms with Crippen LogP contribution in [0.5, 0.6) is 0 Å². The molecule has 118 valence electrons. The fourth-order valence-corrected chi connectivity index (χ4v) is 3.81. The van der Waals surface area contributed by atoms with E-state index in [0.717, 1.165) is 18.4 Å². The molecule has 23 heavy (non-hydrogen) atoms. The molecule has 1 atom stereocenters. The van der Waals surface area contributed by atoms with Crippen molar-refractivity contribution in [2.75, 3.05) is 0 Å². The second kappa shape index (κ2) is 5.82. The van der Waals surface area contributed by atoms with E-state index in [1.54, 1.807) is 12.4 Å². The molecular formula is C20H22N2O. The van der Waals surface area contributed by atoms with Crippen molar-refractivity contribution in [3.05, 3.63) is 65.1 Å². The largest absolute Gasteiger partial charge is 0.386 e. The third-order valence-corrected chi connectivity index (χ3v) is 4.96. The molecule has 0 spiro atoms. The second-order valence-electron chi connectivity index (χ2n) is 6.57. The topological polar surface area (TPSA) is 38.0 Å². The Kier molecular flexibility index (Phi) is 3.66. The predicted molar refractivity (Wildman–Crippen MR) is 92.5 cm³/mol. The number of fused-ring (bicyclic) bond motifs is 3. The van der Waals surface area contributed by atoms with Gasteiger partial charge in [-0.1, -0.05) is 17.7 Å². The molecule has 0 saturated heterocycles. The zero-order valence-corrected chi connectivity index (χ0v) is 13.5. The van der Waals surface area contributed by atoms with Gasteiger partial charge in [0.15, 0.2) is 0 Å². The van der Waals surface area contributed by atoms with E-state index in [2.05, 4.69) is 34.7 Å². The van der Waals surface area contributed by atoms with Crippen LogP contribution in [-0.2, 0) is 19.4 Å². The molecule has 4 rings (SSSR count). The Hall–Kier alpha value is -2.13. The van der Waals surface area contributed by atoms with Crippen LogP contribution in [0.1, 0.15) is 41.3 Å². The first kappa shape index (κ1) is 14.5. The normalized spacial score (nSPS) is 15.6. The summed E-state index contributed by atoms with van der Waals surface area (Å²) in [4.78, 5) is 4.13. The van der Waals surface area contributed by atoms with Crippen molar-refractivity contribution in [2.24, 2.45) is 0 Å². The van der Waals surface area contributed by atoms with Crippen LogP contribution in [0.15, 0.2) is 42.7 Å². The molecule has 1 aliphatic rings. The van der Waals surface area contributed by atoms with E-state index in [1.165, 1.54) is 40.6 Å². The first-order valence-corrected chi connectivity index (χ1v) is 8.42. The highest BCUT2D eigenvalue weighted by atomic mass is 16.3. The van der Waals surface area contributed by atoms with Crippen LogP contribution in [-0.4, -0.2) is 14.7 Å². The zero-order valence-electron chi connectivity index (χ0n) is 13.5. The summed E-state index contributed by atoms with van der Waals surface area (Å²) in [5, 5.41) is 12.0. The smallest absolute Gasteiger partial charge is 0.0983 e. The predicted octanol–water partition coefficient (Wildman–Crippen LogP) is 3.96. The fourth-order valence-electron chi connectivity index (χ4n) is 3.81. The molecule has 0 saturated carbocycles. The SMILES string of the molecule is Cc1ccc2c(c1)c1c(n2CC(O)c2cccnc2)CCCC1. The minimum atomic E-state index is -0.522. The van der Waals surface area contributed by atoms with Gasteiger partial charge < -0.3 is 9.67 Å². The Bertz CT molecular complexity index is 836. The Balaban J connectivity index is 1.80. The summed E-state index contributed by atoms with van der Waals surface area (Å²) in [6.45, 7) is 2.75. The molecule has 1 unspecified atom stereocenters. The number of nitrogens with zero attached hydrogens (tertiary/aromatic N) is 2. The van der Waals surface area contributed by atoms with Crippen molar-refractivity contribution < 1.29 is 5.11 Å². The highest BCUT2D eigenvalue weighted by Gasteiger charge is 2.21. The summed E-state index contributed by atoms with van der Waals surface area (Å²) in [7, 11) is 0. The van der Waals surface area contributed by atoms with Gasteiger partial charge in [0.25, 0.3) is 0 Å². The summed E-state index contributed by atoms with van der Waals surface area (Å²) in [6.07, 6.45) is 7.76. The van der Waals surface area contributed by atoms with Crippen molar-refractivity contribution in [3.8, 4) is 0 Å². The minimum absolute atomic E-state index is 0.522. The van der Waals surface area contributed by atoms with E-state index in [1.807, 2.05) is 12.1 Å². The number of rotatable bonds is 3. The average molecular weight is 306 g/mol. The maximum absolute atomic E-state index is 10.6. The Morgan fingerprint density at radius 2 is 2.09 bits per heavy atom. The number of aryl methyl sites for hydroxylation is 2. The third-order valence-electron chi connectivity index (χ3n) is 4.96. The monoisotopic (exact) mass is 306 g/mol. The molecule has 0 aliphatic heterocycles. The number of pyridine rings is 1. The van der Waals surface area contributed by atoms with Crippen molar-refractivity contribution in [2.45, 2.75) is 45.3 Å². The lowest BCUT2D eigenvalue weighted by Gasteiger charge is -2.18. The maximum atomic E-state index is 10.6. The lowest BCUT2D eigenvalue weighted by Crippen LogP contribution is -2.13. The fraction of sp³-hybridized carbons (Fsp3) is 0.350. The maximum Gasteiger partial charge on any atom is 0.0983 e. The molecule has 1 N–H and O–H groups in total. The number of aromatic nitrogens is 2. The number of aliphatic hydroxyl groups excluding tert-OH is 1. The molecule has 3 heteroatoms. The van der Waals surface area contributed by atoms with Crippen LogP contribution in [0, 0.1) is 6.92 Å². The van der Waals surface area contributed by atoms with E-state index in [-0.39, 0.29) is 0 Å². The number of hydrogen-bond donors (Lipinski definition) is 1. The minimum Gasteiger partial charge on any atom is -0.386 e. The molecule has 0 amide bonds. The van der Waals surface area contributed by atoms with Crippen LogP contribution >= 0.6 is 0 Å². The van der Waals surface area contributed by atoms with Crippen molar-refractivity contribution in [3.63, 3.8) is 0 Å². The van der Waals surface area contributed by atoms with Crippen LogP contribution in [0.25, 0.3) is 10.9 Å². The van der Waals surface area contributed by atoms with Crippen LogP contribution < -0.4 is 0 Å². The first-order valence-electron chi connectivity index (χ1n) is 8.42. The summed E-state index contributed by atoms with van der Waals surface area (Å²) < 4.78 is 2.33. The second-order valence-corrected chi connectivity index (χ2v) is 6.57. The van der Waals surface area contributed by atoms with Gasteiger partial charge in [-0.15, -0.1) is 0 Å².